The zero-order valence-electron chi connectivity index (χ0n) is 13.5. The van der Waals surface area contributed by atoms with Crippen molar-refractivity contribution >= 4 is 17.9 Å². The Morgan fingerprint density at radius 1 is 1.35 bits per heavy atom. The van der Waals surface area contributed by atoms with Crippen LogP contribution in [-0.4, -0.2) is 42.5 Å². The van der Waals surface area contributed by atoms with E-state index in [1.54, 1.807) is 18.1 Å². The van der Waals surface area contributed by atoms with Crippen molar-refractivity contribution in [1.29, 1.82) is 0 Å². The summed E-state index contributed by atoms with van der Waals surface area (Å²) in [6.07, 6.45) is 5.95. The fourth-order valence-corrected chi connectivity index (χ4v) is 3.03. The number of carbonyl (C=O) groups excluding carboxylic acids is 2. The van der Waals surface area contributed by atoms with E-state index in [0.717, 1.165) is 18.4 Å². The predicted molar refractivity (Wildman–Crippen MR) is 89.4 cm³/mol. The number of hydrogen-bond donors (Lipinski definition) is 1. The number of hydrogen-bond acceptors (Lipinski definition) is 3. The molecule has 2 amide bonds. The molecule has 1 aromatic carbocycles. The highest BCUT2D eigenvalue weighted by molar-refractivity contribution is 5.92. The highest BCUT2D eigenvalue weighted by Gasteiger charge is 2.33. The molecule has 0 radical (unpaired) electrons. The van der Waals surface area contributed by atoms with E-state index in [1.165, 1.54) is 0 Å². The average Bonchev–Trinajstić information content (AvgIpc) is 2.58. The number of methoxy groups -OCH3 is 1. The molecule has 0 saturated carbocycles. The standard InChI is InChI=1S/C18H24N2O3/c1-23-16-8-5-13-20(15(16)10-11-17(19)21)18(22)12-9-14-6-3-2-4-7-14/h2-4,6-7,9,12,15-16H,5,8,10-11,13H2,1H3,(H2,19,21)/t15-,16-/m0/s1. The van der Waals surface area contributed by atoms with Gasteiger partial charge in [0.15, 0.2) is 0 Å². The third-order valence-corrected chi connectivity index (χ3v) is 4.21. The molecule has 0 spiro atoms. The number of benzene rings is 1. The molecule has 1 fully saturated rings. The minimum absolute atomic E-state index is 0.0443. The zero-order chi connectivity index (χ0) is 16.7. The number of carbonyl (C=O) groups is 2. The van der Waals surface area contributed by atoms with Crippen LogP contribution in [0.15, 0.2) is 36.4 Å². The average molecular weight is 316 g/mol. The van der Waals surface area contributed by atoms with Crippen LogP contribution in [0.1, 0.15) is 31.2 Å². The molecule has 1 heterocycles. The van der Waals surface area contributed by atoms with E-state index in [0.29, 0.717) is 13.0 Å². The molecule has 23 heavy (non-hydrogen) atoms. The lowest BCUT2D eigenvalue weighted by Crippen LogP contribution is -2.51. The van der Waals surface area contributed by atoms with Crippen LogP contribution in [0.2, 0.25) is 0 Å². The van der Waals surface area contributed by atoms with Gasteiger partial charge in [0.25, 0.3) is 0 Å². The summed E-state index contributed by atoms with van der Waals surface area (Å²) in [5.74, 6) is -0.400. The highest BCUT2D eigenvalue weighted by Crippen LogP contribution is 2.24. The molecule has 1 aromatic rings. The van der Waals surface area contributed by atoms with Gasteiger partial charge < -0.3 is 15.4 Å². The van der Waals surface area contributed by atoms with Crippen molar-refractivity contribution in [1.82, 2.24) is 4.90 Å². The molecule has 5 nitrogen and oxygen atoms in total. The predicted octanol–water partition coefficient (Wildman–Crippen LogP) is 1.97. The smallest absolute Gasteiger partial charge is 0.246 e. The normalized spacial score (nSPS) is 21.5. The molecule has 2 N–H and O–H groups in total. The Morgan fingerprint density at radius 2 is 2.09 bits per heavy atom. The molecule has 0 unspecified atom stereocenters. The first-order chi connectivity index (χ1) is 11.1. The molecular weight excluding hydrogens is 292 g/mol. The van der Waals surface area contributed by atoms with Crippen molar-refractivity contribution in [3.05, 3.63) is 42.0 Å². The Labute approximate surface area is 137 Å². The van der Waals surface area contributed by atoms with E-state index in [1.807, 2.05) is 36.4 Å². The topological polar surface area (TPSA) is 72.6 Å². The van der Waals surface area contributed by atoms with Crippen LogP contribution >= 0.6 is 0 Å². The molecule has 0 aliphatic carbocycles. The number of piperidine rings is 1. The van der Waals surface area contributed by atoms with Gasteiger partial charge in [-0.2, -0.15) is 0 Å². The van der Waals surface area contributed by atoms with Crippen LogP contribution in [0.3, 0.4) is 0 Å². The lowest BCUT2D eigenvalue weighted by atomic mass is 9.94. The summed E-state index contributed by atoms with van der Waals surface area (Å²) in [5.41, 5.74) is 6.24. The van der Waals surface area contributed by atoms with Gasteiger partial charge in [-0.25, -0.2) is 0 Å². The van der Waals surface area contributed by atoms with Gasteiger partial charge in [0, 0.05) is 26.2 Å². The van der Waals surface area contributed by atoms with Crippen LogP contribution in [0, 0.1) is 0 Å². The van der Waals surface area contributed by atoms with Crippen molar-refractivity contribution in [3.63, 3.8) is 0 Å². The molecule has 0 bridgehead atoms. The van der Waals surface area contributed by atoms with Crippen LogP contribution in [0.25, 0.3) is 6.08 Å². The number of likely N-dealkylation sites (tertiary alicyclic amines) is 1. The summed E-state index contributed by atoms with van der Waals surface area (Å²) in [5, 5.41) is 0. The van der Waals surface area contributed by atoms with E-state index in [-0.39, 0.29) is 30.4 Å². The Morgan fingerprint density at radius 3 is 2.74 bits per heavy atom. The summed E-state index contributed by atoms with van der Waals surface area (Å²) < 4.78 is 5.51. The molecule has 1 aliphatic heterocycles. The maximum Gasteiger partial charge on any atom is 0.246 e. The maximum atomic E-state index is 12.6. The van der Waals surface area contributed by atoms with E-state index in [2.05, 4.69) is 0 Å². The lowest BCUT2D eigenvalue weighted by molar-refractivity contribution is -0.135. The summed E-state index contributed by atoms with van der Waals surface area (Å²) in [4.78, 5) is 25.4. The van der Waals surface area contributed by atoms with Gasteiger partial charge in [0.2, 0.25) is 11.8 Å². The molecule has 2 atom stereocenters. The molecule has 2 rings (SSSR count). The van der Waals surface area contributed by atoms with Crippen molar-refractivity contribution in [2.24, 2.45) is 5.73 Å². The molecule has 124 valence electrons. The van der Waals surface area contributed by atoms with Crippen LogP contribution < -0.4 is 5.73 Å². The largest absolute Gasteiger partial charge is 0.379 e. The minimum atomic E-state index is -0.349. The van der Waals surface area contributed by atoms with Crippen LogP contribution in [-0.2, 0) is 14.3 Å². The second-order valence-electron chi connectivity index (χ2n) is 5.76. The van der Waals surface area contributed by atoms with E-state index in [9.17, 15) is 9.59 Å². The maximum absolute atomic E-state index is 12.6. The Balaban J connectivity index is 2.08. The molecular formula is C18H24N2O3. The van der Waals surface area contributed by atoms with Gasteiger partial charge in [-0.3, -0.25) is 9.59 Å². The fourth-order valence-electron chi connectivity index (χ4n) is 3.03. The quantitative estimate of drug-likeness (QED) is 0.816. The number of nitrogens with zero attached hydrogens (tertiary/aromatic N) is 1. The Bertz CT molecular complexity index is 557. The Hall–Kier alpha value is -2.14. The third kappa shape index (κ3) is 4.93. The summed E-state index contributed by atoms with van der Waals surface area (Å²) in [6, 6.07) is 9.59. The second-order valence-corrected chi connectivity index (χ2v) is 5.76. The summed E-state index contributed by atoms with van der Waals surface area (Å²) >= 11 is 0. The molecule has 1 saturated heterocycles. The number of amides is 2. The monoisotopic (exact) mass is 316 g/mol. The third-order valence-electron chi connectivity index (χ3n) is 4.21. The lowest BCUT2D eigenvalue weighted by Gasteiger charge is -2.40. The van der Waals surface area contributed by atoms with Crippen LogP contribution in [0.4, 0.5) is 0 Å². The van der Waals surface area contributed by atoms with Crippen molar-refractivity contribution in [3.8, 4) is 0 Å². The van der Waals surface area contributed by atoms with Crippen LogP contribution in [0.5, 0.6) is 0 Å². The van der Waals surface area contributed by atoms with Gasteiger partial charge in [0.05, 0.1) is 12.1 Å². The first-order valence-corrected chi connectivity index (χ1v) is 7.96. The highest BCUT2D eigenvalue weighted by atomic mass is 16.5. The van der Waals surface area contributed by atoms with Gasteiger partial charge in [-0.05, 0) is 30.9 Å². The van der Waals surface area contributed by atoms with Gasteiger partial charge in [-0.15, -0.1) is 0 Å². The first kappa shape index (κ1) is 17.2. The first-order valence-electron chi connectivity index (χ1n) is 7.96. The van der Waals surface area contributed by atoms with Crippen molar-refractivity contribution in [2.75, 3.05) is 13.7 Å². The van der Waals surface area contributed by atoms with Crippen molar-refractivity contribution in [2.45, 2.75) is 37.8 Å². The van der Waals surface area contributed by atoms with E-state index in [4.69, 9.17) is 10.5 Å². The number of ether oxygens (including phenoxy) is 1. The summed E-state index contributed by atoms with van der Waals surface area (Å²) in [6.45, 7) is 0.682. The van der Waals surface area contributed by atoms with Crippen molar-refractivity contribution < 1.29 is 14.3 Å². The summed E-state index contributed by atoms with van der Waals surface area (Å²) in [7, 11) is 1.65. The Kier molecular flexibility index (Phi) is 6.35. The second kappa shape index (κ2) is 8.48. The molecule has 0 aromatic heterocycles. The molecule has 5 heteroatoms. The number of primary amides is 1. The zero-order valence-corrected chi connectivity index (χ0v) is 13.5. The van der Waals surface area contributed by atoms with Gasteiger partial charge in [0.1, 0.15) is 0 Å². The van der Waals surface area contributed by atoms with E-state index >= 15 is 0 Å². The number of rotatable bonds is 6. The minimum Gasteiger partial charge on any atom is -0.379 e. The SMILES string of the molecule is CO[C@H]1CCCN(C(=O)C=Cc2ccccc2)[C@H]1CCC(N)=O. The molecule has 1 aliphatic rings. The van der Waals surface area contributed by atoms with Gasteiger partial charge >= 0.3 is 0 Å². The van der Waals surface area contributed by atoms with E-state index < -0.39 is 0 Å². The fraction of sp³-hybridized carbons (Fsp3) is 0.444. The number of nitrogens with two attached hydrogens (primary N) is 1. The van der Waals surface area contributed by atoms with Gasteiger partial charge in [-0.1, -0.05) is 30.3 Å².